The highest BCUT2D eigenvalue weighted by Crippen LogP contribution is 2.47. The number of rotatable bonds is 12. The number of fused-ring (bicyclic) bond motifs is 1. The first-order valence-corrected chi connectivity index (χ1v) is 16.6. The second kappa shape index (κ2) is 14.7. The highest BCUT2D eigenvalue weighted by atomic mass is 16.5. The van der Waals surface area contributed by atoms with Crippen LogP contribution in [0.5, 0.6) is 11.5 Å². The molecule has 0 saturated carbocycles. The Kier molecular flexibility index (Phi) is 10.0. The molecule has 242 valence electrons. The minimum absolute atomic E-state index is 0.175. The summed E-state index contributed by atoms with van der Waals surface area (Å²) >= 11 is 0. The van der Waals surface area contributed by atoms with Crippen LogP contribution in [-0.4, -0.2) is 29.1 Å². The number of hydrogen-bond acceptors (Lipinski definition) is 6. The summed E-state index contributed by atoms with van der Waals surface area (Å²) in [6, 6.07) is 30.7. The fraction of sp³-hybridized carbons (Fsp3) is 0.300. The Balaban J connectivity index is 1.52. The zero-order valence-electron chi connectivity index (χ0n) is 27.7. The molecule has 1 atom stereocenters. The van der Waals surface area contributed by atoms with Gasteiger partial charge in [-0.25, -0.2) is 0 Å². The number of ether oxygens (including phenoxy) is 2. The van der Waals surface area contributed by atoms with Crippen LogP contribution >= 0.6 is 0 Å². The summed E-state index contributed by atoms with van der Waals surface area (Å²) < 4.78 is 18.2. The maximum atomic E-state index is 13.4. The van der Waals surface area contributed by atoms with Crippen LogP contribution in [-0.2, 0) is 19.6 Å². The normalized spacial score (nSPS) is 14.5. The molecular weight excluding hydrogens is 586 g/mol. The molecule has 1 aliphatic rings. The van der Waals surface area contributed by atoms with Gasteiger partial charge >= 0.3 is 0 Å². The third-order valence-corrected chi connectivity index (χ3v) is 8.99. The molecule has 0 fully saturated rings. The second-order valence-electron chi connectivity index (χ2n) is 12.3. The lowest BCUT2D eigenvalue weighted by Gasteiger charge is -2.38. The number of anilines is 1. The third-order valence-electron chi connectivity index (χ3n) is 8.99. The van der Waals surface area contributed by atoms with Gasteiger partial charge in [-0.3, -0.25) is 9.69 Å². The molecule has 0 spiro atoms. The molecular formula is C40H43N3O4. The zero-order chi connectivity index (χ0) is 32.8. The fourth-order valence-electron chi connectivity index (χ4n) is 6.58. The van der Waals surface area contributed by atoms with Crippen LogP contribution in [0, 0.1) is 0 Å². The van der Waals surface area contributed by atoms with Gasteiger partial charge in [0.05, 0.1) is 0 Å². The van der Waals surface area contributed by atoms with E-state index in [1.807, 2.05) is 48.5 Å². The molecule has 5 aromatic rings. The first-order valence-electron chi connectivity index (χ1n) is 16.6. The smallest absolute Gasteiger partial charge is 0.277 e. The van der Waals surface area contributed by atoms with E-state index in [4.69, 9.17) is 14.0 Å². The van der Waals surface area contributed by atoms with Gasteiger partial charge in [0.15, 0.2) is 5.69 Å². The van der Waals surface area contributed by atoms with Gasteiger partial charge in [-0.05, 0) is 65.3 Å². The molecule has 0 bridgehead atoms. The first-order chi connectivity index (χ1) is 23.0. The average molecular weight is 630 g/mol. The van der Waals surface area contributed by atoms with Crippen molar-refractivity contribution in [2.45, 2.75) is 65.7 Å². The number of aromatic nitrogens is 1. The van der Waals surface area contributed by atoms with Gasteiger partial charge in [-0.15, -0.1) is 0 Å². The van der Waals surface area contributed by atoms with Gasteiger partial charge in [0.25, 0.3) is 5.91 Å². The number of carbonyl (C=O) groups excluding carboxylic acids is 1. The summed E-state index contributed by atoms with van der Waals surface area (Å²) in [5.74, 6) is 1.35. The minimum atomic E-state index is -0.323. The van der Waals surface area contributed by atoms with Crippen LogP contribution in [0.4, 0.5) is 5.69 Å². The van der Waals surface area contributed by atoms with E-state index < -0.39 is 0 Å². The predicted molar refractivity (Wildman–Crippen MR) is 186 cm³/mol. The molecule has 4 aromatic carbocycles. The van der Waals surface area contributed by atoms with Crippen molar-refractivity contribution in [3.63, 3.8) is 0 Å². The van der Waals surface area contributed by atoms with Crippen molar-refractivity contribution >= 4 is 11.6 Å². The number of nitrogens with zero attached hydrogens (tertiary/aromatic N) is 2. The molecule has 1 unspecified atom stereocenters. The molecule has 0 aliphatic carbocycles. The number of nitrogens with one attached hydrogen (secondary N) is 1. The van der Waals surface area contributed by atoms with Crippen molar-refractivity contribution < 1.29 is 18.8 Å². The number of benzene rings is 4. The summed E-state index contributed by atoms with van der Waals surface area (Å²) in [4.78, 5) is 15.9. The summed E-state index contributed by atoms with van der Waals surface area (Å²) in [5, 5.41) is 7.06. The van der Waals surface area contributed by atoms with Gasteiger partial charge < -0.3 is 19.3 Å². The van der Waals surface area contributed by atoms with Gasteiger partial charge in [0, 0.05) is 41.5 Å². The topological polar surface area (TPSA) is 76.8 Å². The fourth-order valence-corrected chi connectivity index (χ4v) is 6.58. The Hall–Kier alpha value is -4.88. The van der Waals surface area contributed by atoms with Crippen LogP contribution in [0.1, 0.15) is 84.4 Å². The van der Waals surface area contributed by atoms with E-state index in [1.54, 1.807) is 6.07 Å². The Morgan fingerprint density at radius 3 is 2.19 bits per heavy atom. The van der Waals surface area contributed by atoms with Crippen molar-refractivity contribution in [2.75, 3.05) is 18.4 Å². The van der Waals surface area contributed by atoms with Crippen molar-refractivity contribution in [3.05, 3.63) is 131 Å². The maximum Gasteiger partial charge on any atom is 0.277 e. The molecule has 2 heterocycles. The van der Waals surface area contributed by atoms with E-state index >= 15 is 0 Å². The summed E-state index contributed by atoms with van der Waals surface area (Å²) in [6.07, 6.45) is 3.25. The maximum absolute atomic E-state index is 13.4. The van der Waals surface area contributed by atoms with E-state index in [-0.39, 0.29) is 23.6 Å². The highest BCUT2D eigenvalue weighted by molar-refractivity contribution is 6.05. The summed E-state index contributed by atoms with van der Waals surface area (Å²) in [5.41, 5.74) is 8.62. The van der Waals surface area contributed by atoms with Crippen molar-refractivity contribution in [2.24, 2.45) is 0 Å². The number of amides is 1. The van der Waals surface area contributed by atoms with Gasteiger partial charge in [0.1, 0.15) is 31.0 Å². The lowest BCUT2D eigenvalue weighted by molar-refractivity contribution is 0.101. The number of hydrogen-bond donors (Lipinski definition) is 1. The van der Waals surface area contributed by atoms with Crippen LogP contribution in [0.15, 0.2) is 102 Å². The summed E-state index contributed by atoms with van der Waals surface area (Å²) in [7, 11) is 0. The van der Waals surface area contributed by atoms with Crippen molar-refractivity contribution in [1.82, 2.24) is 10.1 Å². The molecule has 1 aromatic heterocycles. The second-order valence-corrected chi connectivity index (χ2v) is 12.3. The van der Waals surface area contributed by atoms with Crippen LogP contribution in [0.25, 0.3) is 11.1 Å². The van der Waals surface area contributed by atoms with E-state index in [9.17, 15) is 4.79 Å². The first kappa shape index (κ1) is 32.1. The highest BCUT2D eigenvalue weighted by Gasteiger charge is 2.30. The van der Waals surface area contributed by atoms with Crippen LogP contribution in [0.2, 0.25) is 0 Å². The predicted octanol–water partition coefficient (Wildman–Crippen LogP) is 9.20. The van der Waals surface area contributed by atoms with E-state index in [0.29, 0.717) is 24.7 Å². The lowest BCUT2D eigenvalue weighted by Crippen LogP contribution is -2.35. The molecule has 47 heavy (non-hydrogen) atoms. The van der Waals surface area contributed by atoms with Crippen molar-refractivity contribution in [3.8, 4) is 22.6 Å². The Morgan fingerprint density at radius 1 is 0.915 bits per heavy atom. The van der Waals surface area contributed by atoms with Crippen LogP contribution < -0.4 is 14.8 Å². The largest absolute Gasteiger partial charge is 0.488 e. The standard InChI is InChI=1S/C40H43N3O4/c1-5-36-30-17-18-34(41-40(44)35-20-22-47-42-35)39(31(30)19-21-43(36)6-2)33-23-32(27(3)4)37(45-25-28-13-9-7-10-14-28)24-38(33)46-26-29-15-11-8-12-16-29/h7-18,20,22-24,27,36H,5-6,19,21,25-26H2,1-4H3,(H,41,44). The third kappa shape index (κ3) is 7.10. The van der Waals surface area contributed by atoms with Gasteiger partial charge in [0.2, 0.25) is 0 Å². The lowest BCUT2D eigenvalue weighted by atomic mass is 9.83. The molecule has 1 aliphatic heterocycles. The Morgan fingerprint density at radius 2 is 1.60 bits per heavy atom. The van der Waals surface area contributed by atoms with Crippen molar-refractivity contribution in [1.29, 1.82) is 0 Å². The Bertz CT molecular complexity index is 1790. The number of carbonyl (C=O) groups is 1. The molecule has 1 N–H and O–H groups in total. The molecule has 7 nitrogen and oxygen atoms in total. The minimum Gasteiger partial charge on any atom is -0.488 e. The molecule has 0 radical (unpaired) electrons. The van der Waals surface area contributed by atoms with E-state index in [2.05, 4.69) is 79.5 Å². The van der Waals surface area contributed by atoms with Gasteiger partial charge in [-0.1, -0.05) is 99.6 Å². The van der Waals surface area contributed by atoms with E-state index in [0.717, 1.165) is 59.5 Å². The molecule has 7 heteroatoms. The molecule has 0 saturated heterocycles. The molecule has 6 rings (SSSR count). The van der Waals surface area contributed by atoms with E-state index in [1.165, 1.54) is 17.4 Å². The molecule has 1 amide bonds. The van der Waals surface area contributed by atoms with Gasteiger partial charge in [-0.2, -0.15) is 0 Å². The summed E-state index contributed by atoms with van der Waals surface area (Å²) in [6.45, 7) is 11.6. The van der Waals surface area contributed by atoms with Crippen LogP contribution in [0.3, 0.4) is 0 Å². The Labute approximate surface area is 277 Å². The SMILES string of the molecule is CCC1c2ccc(NC(=O)c3ccon3)c(-c3cc(C(C)C)c(OCc4ccccc4)cc3OCc3ccccc3)c2CCN1CC. The quantitative estimate of drug-likeness (QED) is 0.148. The zero-order valence-corrected chi connectivity index (χ0v) is 27.7. The monoisotopic (exact) mass is 629 g/mol. The number of likely N-dealkylation sites (N-methyl/N-ethyl adjacent to an activating group) is 1. The average Bonchev–Trinajstić information content (AvgIpc) is 3.65.